The molecule has 1 heterocycles. The first-order valence-corrected chi connectivity index (χ1v) is 5.06. The molecule has 0 bridgehead atoms. The highest BCUT2D eigenvalue weighted by Crippen LogP contribution is 2.09. The molecule has 0 spiro atoms. The number of hydrogen-bond donors (Lipinski definition) is 1. The number of nitrogens with one attached hydrogen (secondary N) is 1. The summed E-state index contributed by atoms with van der Waals surface area (Å²) in [5, 5.41) is 2.64. The van der Waals surface area contributed by atoms with Crippen molar-refractivity contribution in [2.75, 3.05) is 5.32 Å². The van der Waals surface area contributed by atoms with Crippen LogP contribution in [0.1, 0.15) is 26.7 Å². The molecule has 1 atom stereocenters. The molecule has 0 fully saturated rings. The average molecular weight is 210 g/mol. The fraction of sp³-hybridized carbons (Fsp3) is 0.455. The van der Waals surface area contributed by atoms with E-state index in [1.165, 1.54) is 12.1 Å². The zero-order chi connectivity index (χ0) is 11.3. The number of hydrogen-bond acceptors (Lipinski definition) is 2. The Balaban J connectivity index is 2.54. The largest absolute Gasteiger partial charge is 0.310 e. The van der Waals surface area contributed by atoms with Crippen molar-refractivity contribution in [2.45, 2.75) is 26.7 Å². The second-order valence-corrected chi connectivity index (χ2v) is 3.54. The Bertz CT molecular complexity index is 324. The van der Waals surface area contributed by atoms with Crippen LogP contribution >= 0.6 is 0 Å². The maximum atomic E-state index is 12.5. The number of pyridine rings is 1. The second-order valence-electron chi connectivity index (χ2n) is 3.54. The first kappa shape index (κ1) is 11.6. The van der Waals surface area contributed by atoms with Crippen LogP contribution in [0.4, 0.5) is 10.2 Å². The fourth-order valence-electron chi connectivity index (χ4n) is 1.26. The average Bonchev–Trinajstić information content (AvgIpc) is 2.22. The highest BCUT2D eigenvalue weighted by molar-refractivity contribution is 5.91. The molecule has 1 amide bonds. The lowest BCUT2D eigenvalue weighted by Crippen LogP contribution is -2.20. The van der Waals surface area contributed by atoms with Gasteiger partial charge in [-0.1, -0.05) is 20.3 Å². The van der Waals surface area contributed by atoms with E-state index >= 15 is 0 Å². The van der Waals surface area contributed by atoms with Gasteiger partial charge < -0.3 is 5.32 Å². The molecule has 1 N–H and O–H groups in total. The van der Waals surface area contributed by atoms with E-state index in [1.807, 2.05) is 13.8 Å². The maximum Gasteiger partial charge on any atom is 0.228 e. The van der Waals surface area contributed by atoms with Crippen LogP contribution in [0.25, 0.3) is 0 Å². The lowest BCUT2D eigenvalue weighted by molar-refractivity contribution is -0.119. The Kier molecular flexibility index (Phi) is 4.21. The first-order chi connectivity index (χ1) is 7.13. The van der Waals surface area contributed by atoms with Gasteiger partial charge in [-0.2, -0.15) is 0 Å². The van der Waals surface area contributed by atoms with Crippen LogP contribution in [0.5, 0.6) is 0 Å². The molecule has 0 aliphatic carbocycles. The molecule has 0 aromatic carbocycles. The SMILES string of the molecule is CCCC(C)C(=O)Nc1ccc(F)cn1. The van der Waals surface area contributed by atoms with Crippen LogP contribution in [-0.4, -0.2) is 10.9 Å². The topological polar surface area (TPSA) is 42.0 Å². The smallest absolute Gasteiger partial charge is 0.228 e. The molecule has 1 rings (SSSR count). The molecule has 0 saturated heterocycles. The molecule has 0 aliphatic heterocycles. The van der Waals surface area contributed by atoms with E-state index in [0.717, 1.165) is 19.0 Å². The predicted octanol–water partition coefficient (Wildman–Crippen LogP) is 2.60. The van der Waals surface area contributed by atoms with Crippen LogP contribution in [-0.2, 0) is 4.79 Å². The molecular weight excluding hydrogens is 195 g/mol. The van der Waals surface area contributed by atoms with Crippen molar-refractivity contribution in [1.82, 2.24) is 4.98 Å². The summed E-state index contributed by atoms with van der Waals surface area (Å²) in [5.74, 6) is -0.128. The second kappa shape index (κ2) is 5.44. The molecule has 82 valence electrons. The highest BCUT2D eigenvalue weighted by Gasteiger charge is 2.11. The molecule has 15 heavy (non-hydrogen) atoms. The standard InChI is InChI=1S/C11H15FN2O/c1-3-4-8(2)11(15)14-10-6-5-9(12)7-13-10/h5-8H,3-4H2,1-2H3,(H,13,14,15). The number of rotatable bonds is 4. The summed E-state index contributed by atoms with van der Waals surface area (Å²) in [5.41, 5.74) is 0. The van der Waals surface area contributed by atoms with E-state index in [9.17, 15) is 9.18 Å². The van der Waals surface area contributed by atoms with Crippen LogP contribution < -0.4 is 5.32 Å². The van der Waals surface area contributed by atoms with Gasteiger partial charge in [0.05, 0.1) is 6.20 Å². The van der Waals surface area contributed by atoms with Gasteiger partial charge in [-0.05, 0) is 18.6 Å². The third-order valence-corrected chi connectivity index (χ3v) is 2.15. The van der Waals surface area contributed by atoms with Crippen LogP contribution in [0.3, 0.4) is 0 Å². The van der Waals surface area contributed by atoms with Gasteiger partial charge in [0.1, 0.15) is 11.6 Å². The van der Waals surface area contributed by atoms with E-state index < -0.39 is 5.82 Å². The number of nitrogens with zero attached hydrogens (tertiary/aromatic N) is 1. The van der Waals surface area contributed by atoms with Gasteiger partial charge >= 0.3 is 0 Å². The quantitative estimate of drug-likeness (QED) is 0.829. The van der Waals surface area contributed by atoms with E-state index in [4.69, 9.17) is 0 Å². The Morgan fingerprint density at radius 3 is 2.87 bits per heavy atom. The Hall–Kier alpha value is -1.45. The van der Waals surface area contributed by atoms with Gasteiger partial charge in [-0.3, -0.25) is 4.79 Å². The van der Waals surface area contributed by atoms with Gasteiger partial charge in [0, 0.05) is 5.92 Å². The zero-order valence-corrected chi connectivity index (χ0v) is 8.96. The lowest BCUT2D eigenvalue weighted by Gasteiger charge is -2.09. The number of anilines is 1. The third kappa shape index (κ3) is 3.65. The molecule has 0 radical (unpaired) electrons. The van der Waals surface area contributed by atoms with Gasteiger partial charge in [0.25, 0.3) is 0 Å². The van der Waals surface area contributed by atoms with Crippen LogP contribution in [0, 0.1) is 11.7 Å². The Morgan fingerprint density at radius 2 is 2.33 bits per heavy atom. The highest BCUT2D eigenvalue weighted by atomic mass is 19.1. The van der Waals surface area contributed by atoms with E-state index in [2.05, 4.69) is 10.3 Å². The summed E-state index contributed by atoms with van der Waals surface area (Å²) < 4.78 is 12.5. The minimum atomic E-state index is -0.408. The summed E-state index contributed by atoms with van der Waals surface area (Å²) in [6.07, 6.45) is 2.89. The first-order valence-electron chi connectivity index (χ1n) is 5.06. The lowest BCUT2D eigenvalue weighted by atomic mass is 10.1. The summed E-state index contributed by atoms with van der Waals surface area (Å²) in [6, 6.07) is 2.72. The van der Waals surface area contributed by atoms with E-state index in [-0.39, 0.29) is 11.8 Å². The van der Waals surface area contributed by atoms with E-state index in [0.29, 0.717) is 5.82 Å². The number of amides is 1. The summed E-state index contributed by atoms with van der Waals surface area (Å²) >= 11 is 0. The molecular formula is C11H15FN2O. The monoisotopic (exact) mass is 210 g/mol. The summed E-state index contributed by atoms with van der Waals surface area (Å²) in [6.45, 7) is 3.89. The van der Waals surface area contributed by atoms with Crippen molar-refractivity contribution in [3.63, 3.8) is 0 Å². The molecule has 0 aliphatic rings. The fourth-order valence-corrected chi connectivity index (χ4v) is 1.26. The molecule has 0 saturated carbocycles. The third-order valence-electron chi connectivity index (χ3n) is 2.15. The molecule has 3 nitrogen and oxygen atoms in total. The van der Waals surface area contributed by atoms with Crippen molar-refractivity contribution in [3.05, 3.63) is 24.1 Å². The molecule has 4 heteroatoms. The predicted molar refractivity (Wildman–Crippen MR) is 56.9 cm³/mol. The van der Waals surface area contributed by atoms with Gasteiger partial charge in [-0.25, -0.2) is 9.37 Å². The van der Waals surface area contributed by atoms with Crippen molar-refractivity contribution in [3.8, 4) is 0 Å². The Labute approximate surface area is 88.7 Å². The summed E-state index contributed by atoms with van der Waals surface area (Å²) in [4.78, 5) is 15.3. The van der Waals surface area contributed by atoms with Gasteiger partial charge in [0.2, 0.25) is 5.91 Å². The van der Waals surface area contributed by atoms with Crippen LogP contribution in [0.15, 0.2) is 18.3 Å². The normalized spacial score (nSPS) is 12.2. The molecule has 1 unspecified atom stereocenters. The number of aromatic nitrogens is 1. The summed E-state index contributed by atoms with van der Waals surface area (Å²) in [7, 11) is 0. The maximum absolute atomic E-state index is 12.5. The van der Waals surface area contributed by atoms with Crippen molar-refractivity contribution >= 4 is 11.7 Å². The van der Waals surface area contributed by atoms with E-state index in [1.54, 1.807) is 0 Å². The zero-order valence-electron chi connectivity index (χ0n) is 8.96. The number of halogens is 1. The van der Waals surface area contributed by atoms with Crippen molar-refractivity contribution in [2.24, 2.45) is 5.92 Å². The number of carbonyl (C=O) groups is 1. The number of carbonyl (C=O) groups excluding carboxylic acids is 1. The van der Waals surface area contributed by atoms with Crippen molar-refractivity contribution in [1.29, 1.82) is 0 Å². The minimum absolute atomic E-state index is 0.0400. The Morgan fingerprint density at radius 1 is 1.60 bits per heavy atom. The molecule has 1 aromatic rings. The minimum Gasteiger partial charge on any atom is -0.310 e. The van der Waals surface area contributed by atoms with Crippen LogP contribution in [0.2, 0.25) is 0 Å². The molecule has 1 aromatic heterocycles. The van der Waals surface area contributed by atoms with Crippen molar-refractivity contribution < 1.29 is 9.18 Å². The van der Waals surface area contributed by atoms with Gasteiger partial charge in [-0.15, -0.1) is 0 Å². The van der Waals surface area contributed by atoms with Gasteiger partial charge in [0.15, 0.2) is 0 Å².